The molecule has 4 aromatic rings. The highest BCUT2D eigenvalue weighted by atomic mass is 16.3. The first kappa shape index (κ1) is 18.8. The van der Waals surface area contributed by atoms with Crippen LogP contribution < -0.4 is 21.8 Å². The van der Waals surface area contributed by atoms with E-state index < -0.39 is 11.8 Å². The van der Waals surface area contributed by atoms with Crippen LogP contribution in [0, 0.1) is 0 Å². The largest absolute Gasteiger partial charge is 0.493 e. The average molecular weight is 432 g/mol. The lowest BCUT2D eigenvalue weighted by Crippen LogP contribution is -2.28. The van der Waals surface area contributed by atoms with Crippen molar-refractivity contribution in [2.24, 2.45) is 4.99 Å². The quantitative estimate of drug-likeness (QED) is 0.292. The molecule has 1 saturated carbocycles. The number of aromatic hydroxyl groups is 1. The van der Waals surface area contributed by atoms with Crippen molar-refractivity contribution < 1.29 is 10.2 Å². The average Bonchev–Trinajstić information content (AvgIpc) is 3.29. The van der Waals surface area contributed by atoms with Gasteiger partial charge in [0.15, 0.2) is 5.65 Å². The molecule has 0 aliphatic heterocycles. The number of nitrogens with zero attached hydrogens (tertiary/aromatic N) is 5. The van der Waals surface area contributed by atoms with E-state index in [2.05, 4.69) is 35.3 Å². The van der Waals surface area contributed by atoms with E-state index in [1.165, 1.54) is 4.52 Å². The minimum atomic E-state index is -0.603. The molecule has 11 nitrogen and oxygen atoms in total. The zero-order chi connectivity index (χ0) is 21.8. The molecule has 2 aliphatic carbocycles. The monoisotopic (exact) mass is 432 g/mol. The van der Waals surface area contributed by atoms with E-state index in [0.29, 0.717) is 28.9 Å². The summed E-state index contributed by atoms with van der Waals surface area (Å²) in [5.74, 6) is 0.0509. The predicted molar refractivity (Wildman–Crippen MR) is 114 cm³/mol. The maximum Gasteiger partial charge on any atom is 0.326 e. The number of hydrogen-bond acceptors (Lipinski definition) is 8. The van der Waals surface area contributed by atoms with Gasteiger partial charge in [-0.05, 0) is 30.0 Å². The molecule has 0 bridgehead atoms. The third-order valence-electron chi connectivity index (χ3n) is 5.75. The number of fused-ring (bicyclic) bond motifs is 2. The fourth-order valence-corrected chi connectivity index (χ4v) is 4.03. The van der Waals surface area contributed by atoms with Crippen molar-refractivity contribution >= 4 is 17.7 Å². The number of hydrogen-bond donors (Lipinski definition) is 5. The van der Waals surface area contributed by atoms with Crippen LogP contribution in [-0.2, 0) is 6.42 Å². The molecule has 3 heterocycles. The van der Waals surface area contributed by atoms with Gasteiger partial charge in [-0.25, -0.2) is 9.79 Å². The van der Waals surface area contributed by atoms with E-state index in [1.807, 2.05) is 24.3 Å². The summed E-state index contributed by atoms with van der Waals surface area (Å²) in [5.41, 5.74) is 2.68. The molecule has 2 aliphatic rings. The highest BCUT2D eigenvalue weighted by Crippen LogP contribution is 2.33. The zero-order valence-electron chi connectivity index (χ0n) is 16.9. The second-order valence-electron chi connectivity index (χ2n) is 8.12. The summed E-state index contributed by atoms with van der Waals surface area (Å²) in [4.78, 5) is 30.1. The van der Waals surface area contributed by atoms with Gasteiger partial charge in [0.1, 0.15) is 5.69 Å². The van der Waals surface area contributed by atoms with Crippen LogP contribution in [0.4, 0.5) is 5.95 Å². The minimum Gasteiger partial charge on any atom is -0.493 e. The number of nitrogens with one attached hydrogen (secondary N) is 3. The Labute approximate surface area is 180 Å². The molecule has 6 rings (SSSR count). The Kier molecular flexibility index (Phi) is 4.12. The first-order chi connectivity index (χ1) is 15.5. The maximum absolute atomic E-state index is 11.5. The van der Waals surface area contributed by atoms with Crippen LogP contribution in [0.2, 0.25) is 0 Å². The predicted octanol–water partition coefficient (Wildman–Crippen LogP) is -0.473. The van der Waals surface area contributed by atoms with Gasteiger partial charge in [0.05, 0.1) is 24.4 Å². The molecular formula is C21H20N8O3. The standard InChI is InChI=1S/C21H20N8O3/c30-15-8-10-3-1-2-4-13(10)16(15)25-19-26-17-11(7-14-18(31)27-21(32)24-14)9-22-29(17)20(28-19)23-12-5-6-12/h1-4,7,9,12,15-16,30-31H,5-6,8H2,(H,23,25,28)(H2,24,27,32)/b11-7+/t15-,16+/m1/s1. The van der Waals surface area contributed by atoms with Crippen LogP contribution in [0.15, 0.2) is 40.2 Å². The summed E-state index contributed by atoms with van der Waals surface area (Å²) in [6.45, 7) is 0. The van der Waals surface area contributed by atoms with Crippen molar-refractivity contribution in [1.82, 2.24) is 29.5 Å². The first-order valence-corrected chi connectivity index (χ1v) is 10.4. The molecule has 3 aromatic heterocycles. The van der Waals surface area contributed by atoms with Gasteiger partial charge in [0, 0.05) is 11.6 Å². The van der Waals surface area contributed by atoms with Crippen LogP contribution in [-0.4, -0.2) is 51.9 Å². The molecule has 0 spiro atoms. The normalized spacial score (nSPS) is 21.4. The summed E-state index contributed by atoms with van der Waals surface area (Å²) < 4.78 is 1.54. The lowest BCUT2D eigenvalue weighted by molar-refractivity contribution is 0.165. The Morgan fingerprint density at radius 1 is 1.22 bits per heavy atom. The molecule has 1 fully saturated rings. The summed E-state index contributed by atoms with van der Waals surface area (Å²) >= 11 is 0. The lowest BCUT2D eigenvalue weighted by atomic mass is 10.1. The van der Waals surface area contributed by atoms with E-state index in [4.69, 9.17) is 0 Å². The smallest absolute Gasteiger partial charge is 0.326 e. The molecule has 11 heteroatoms. The Bertz CT molecular complexity index is 1510. The number of aromatic amines is 2. The van der Waals surface area contributed by atoms with Crippen molar-refractivity contribution in [3.05, 3.63) is 68.6 Å². The molecule has 162 valence electrons. The lowest BCUT2D eigenvalue weighted by Gasteiger charge is -2.17. The number of aliphatic hydroxyl groups is 1. The summed E-state index contributed by atoms with van der Waals surface area (Å²) in [5, 5.41) is 28.7. The van der Waals surface area contributed by atoms with Crippen LogP contribution in [0.25, 0.3) is 11.7 Å². The van der Waals surface area contributed by atoms with Gasteiger partial charge in [-0.15, -0.1) is 0 Å². The van der Waals surface area contributed by atoms with E-state index >= 15 is 0 Å². The van der Waals surface area contributed by atoms with Gasteiger partial charge in [0.25, 0.3) is 5.62 Å². The fourth-order valence-electron chi connectivity index (χ4n) is 4.03. The topological polar surface area (TPSA) is 157 Å². The van der Waals surface area contributed by atoms with Crippen LogP contribution >= 0.6 is 0 Å². The summed E-state index contributed by atoms with van der Waals surface area (Å²) in [6.07, 6.45) is 5.11. The summed E-state index contributed by atoms with van der Waals surface area (Å²) in [7, 11) is 0. The van der Waals surface area contributed by atoms with E-state index in [0.717, 1.165) is 24.0 Å². The number of H-pyrrole nitrogens is 2. The molecule has 0 saturated heterocycles. The van der Waals surface area contributed by atoms with Gasteiger partial charge < -0.3 is 20.5 Å². The minimum absolute atomic E-state index is 0.209. The van der Waals surface area contributed by atoms with Crippen molar-refractivity contribution in [3.63, 3.8) is 0 Å². The van der Waals surface area contributed by atoms with Crippen LogP contribution in [0.3, 0.4) is 0 Å². The number of anilines is 1. The molecule has 0 radical (unpaired) electrons. The highest BCUT2D eigenvalue weighted by molar-refractivity contribution is 5.57. The van der Waals surface area contributed by atoms with E-state index in [-0.39, 0.29) is 23.7 Å². The van der Waals surface area contributed by atoms with Gasteiger partial charge in [-0.1, -0.05) is 24.3 Å². The van der Waals surface area contributed by atoms with Gasteiger partial charge in [-0.2, -0.15) is 19.6 Å². The maximum atomic E-state index is 11.5. The Morgan fingerprint density at radius 3 is 2.84 bits per heavy atom. The summed E-state index contributed by atoms with van der Waals surface area (Å²) in [6, 6.07) is 7.76. The fraction of sp³-hybridized carbons (Fsp3) is 0.286. The Morgan fingerprint density at radius 2 is 2.06 bits per heavy atom. The number of benzene rings is 1. The number of aromatic nitrogens is 6. The molecule has 2 atom stereocenters. The number of rotatable bonds is 4. The first-order valence-electron chi connectivity index (χ1n) is 10.4. The number of aliphatic hydroxyl groups excluding tert-OH is 1. The Hall–Kier alpha value is -3.99. The molecule has 0 amide bonds. The molecule has 0 unspecified atom stereocenters. The molecule has 5 N–H and O–H groups in total. The van der Waals surface area contributed by atoms with Gasteiger partial charge in [-0.3, -0.25) is 4.98 Å². The van der Waals surface area contributed by atoms with Gasteiger partial charge in [0.2, 0.25) is 11.8 Å². The molecular weight excluding hydrogens is 412 g/mol. The van der Waals surface area contributed by atoms with Crippen molar-refractivity contribution in [3.8, 4) is 5.88 Å². The number of imidazole rings is 1. The van der Waals surface area contributed by atoms with E-state index in [9.17, 15) is 15.0 Å². The third kappa shape index (κ3) is 3.23. The zero-order valence-corrected chi connectivity index (χ0v) is 16.9. The SMILES string of the molecule is O=c1[nH]c(O)c(/C=c2\cnn3c(=NC4CC4)nc(N[C@H]4c5ccccc5C[C@H]4O)nc23)[nH]1. The molecule has 32 heavy (non-hydrogen) atoms. The van der Waals surface area contributed by atoms with Gasteiger partial charge >= 0.3 is 5.69 Å². The second-order valence-corrected chi connectivity index (χ2v) is 8.12. The van der Waals surface area contributed by atoms with Crippen molar-refractivity contribution in [2.75, 3.05) is 5.32 Å². The second kappa shape index (κ2) is 7.02. The van der Waals surface area contributed by atoms with Crippen LogP contribution in [0.1, 0.15) is 35.7 Å². The van der Waals surface area contributed by atoms with Crippen LogP contribution in [0.5, 0.6) is 5.88 Å². The Balaban J connectivity index is 1.49. The van der Waals surface area contributed by atoms with E-state index in [1.54, 1.807) is 12.3 Å². The van der Waals surface area contributed by atoms with Crippen molar-refractivity contribution in [1.29, 1.82) is 0 Å². The van der Waals surface area contributed by atoms with Crippen molar-refractivity contribution in [2.45, 2.75) is 37.5 Å². The third-order valence-corrected chi connectivity index (χ3v) is 5.75. The highest BCUT2D eigenvalue weighted by Gasteiger charge is 2.31. The molecule has 1 aromatic carbocycles.